The topological polar surface area (TPSA) is 56.3 Å². The van der Waals surface area contributed by atoms with Crippen molar-refractivity contribution in [3.05, 3.63) is 47.7 Å². The first-order chi connectivity index (χ1) is 9.31. The lowest BCUT2D eigenvalue weighted by molar-refractivity contribution is 0.185. The normalized spacial score (nSPS) is 10.2. The van der Waals surface area contributed by atoms with Gasteiger partial charge in [0.15, 0.2) is 0 Å². The Hall–Kier alpha value is -2.14. The maximum absolute atomic E-state index is 5.11. The highest BCUT2D eigenvalue weighted by Crippen LogP contribution is 2.10. The van der Waals surface area contributed by atoms with Crippen LogP contribution in [0, 0.1) is 0 Å². The highest BCUT2D eigenvalue weighted by Gasteiger charge is 2.00. The van der Waals surface area contributed by atoms with E-state index in [2.05, 4.69) is 21.4 Å². The van der Waals surface area contributed by atoms with E-state index >= 15 is 0 Å². The van der Waals surface area contributed by atoms with Crippen LogP contribution in [-0.4, -0.2) is 24.2 Å². The molecule has 5 nitrogen and oxygen atoms in total. The third-order valence-electron chi connectivity index (χ3n) is 2.59. The van der Waals surface area contributed by atoms with Crippen LogP contribution in [0.1, 0.15) is 11.1 Å². The molecule has 2 aromatic rings. The molecule has 0 radical (unpaired) electrons. The zero-order chi connectivity index (χ0) is 13.5. The number of anilines is 1. The van der Waals surface area contributed by atoms with E-state index in [1.54, 1.807) is 26.5 Å². The zero-order valence-corrected chi connectivity index (χ0v) is 11.1. The molecular weight excluding hydrogens is 242 g/mol. The van der Waals surface area contributed by atoms with Crippen LogP contribution in [0.4, 0.5) is 5.95 Å². The number of nitrogens with zero attached hydrogens (tertiary/aromatic N) is 2. The molecule has 0 amide bonds. The molecule has 0 aliphatic heterocycles. The molecule has 1 heterocycles. The predicted octanol–water partition coefficient (Wildman–Crippen LogP) is 2.24. The second kappa shape index (κ2) is 6.70. The lowest BCUT2D eigenvalue weighted by Gasteiger charge is -2.07. The largest absolute Gasteiger partial charge is 0.481 e. The Balaban J connectivity index is 1.99. The number of ether oxygens (including phenoxy) is 2. The number of methoxy groups -OCH3 is 2. The fourth-order valence-corrected chi connectivity index (χ4v) is 1.72. The molecule has 0 bridgehead atoms. The average Bonchev–Trinajstić information content (AvgIpc) is 2.46. The second-order valence-corrected chi connectivity index (χ2v) is 4.03. The standard InChI is InChI=1S/C14H17N3O2/c1-18-10-12-5-3-4-11(8-12)9-16-14-15-7-6-13(17-14)19-2/h3-8H,9-10H2,1-2H3,(H,15,16,17). The maximum Gasteiger partial charge on any atom is 0.226 e. The molecule has 0 atom stereocenters. The lowest BCUT2D eigenvalue weighted by Crippen LogP contribution is -2.04. The number of hydrogen-bond donors (Lipinski definition) is 1. The van der Waals surface area contributed by atoms with Crippen LogP contribution in [0.5, 0.6) is 5.88 Å². The summed E-state index contributed by atoms with van der Waals surface area (Å²) in [5.41, 5.74) is 2.30. The quantitative estimate of drug-likeness (QED) is 0.862. The van der Waals surface area contributed by atoms with E-state index < -0.39 is 0 Å². The van der Waals surface area contributed by atoms with Crippen molar-refractivity contribution >= 4 is 5.95 Å². The summed E-state index contributed by atoms with van der Waals surface area (Å²) in [6.07, 6.45) is 1.66. The van der Waals surface area contributed by atoms with Crippen LogP contribution in [0.2, 0.25) is 0 Å². The van der Waals surface area contributed by atoms with E-state index in [1.807, 2.05) is 18.2 Å². The van der Waals surface area contributed by atoms with E-state index in [4.69, 9.17) is 9.47 Å². The minimum Gasteiger partial charge on any atom is -0.481 e. The van der Waals surface area contributed by atoms with Gasteiger partial charge in [0.1, 0.15) is 0 Å². The monoisotopic (exact) mass is 259 g/mol. The van der Waals surface area contributed by atoms with Crippen molar-refractivity contribution in [3.63, 3.8) is 0 Å². The first kappa shape index (κ1) is 13.3. The molecule has 0 saturated heterocycles. The first-order valence-corrected chi connectivity index (χ1v) is 5.99. The lowest BCUT2D eigenvalue weighted by atomic mass is 10.1. The average molecular weight is 259 g/mol. The minimum absolute atomic E-state index is 0.547. The number of rotatable bonds is 6. The Bertz CT molecular complexity index is 532. The second-order valence-electron chi connectivity index (χ2n) is 4.03. The summed E-state index contributed by atoms with van der Waals surface area (Å²) in [6, 6.07) is 9.90. The molecule has 19 heavy (non-hydrogen) atoms. The Labute approximate surface area is 112 Å². The van der Waals surface area contributed by atoms with E-state index in [-0.39, 0.29) is 0 Å². The molecular formula is C14H17N3O2. The summed E-state index contributed by atoms with van der Waals surface area (Å²) in [4.78, 5) is 8.33. The Morgan fingerprint density at radius 1 is 1.16 bits per heavy atom. The zero-order valence-electron chi connectivity index (χ0n) is 11.1. The van der Waals surface area contributed by atoms with E-state index in [9.17, 15) is 0 Å². The van der Waals surface area contributed by atoms with Crippen molar-refractivity contribution in [2.75, 3.05) is 19.5 Å². The van der Waals surface area contributed by atoms with Crippen LogP contribution in [0.3, 0.4) is 0 Å². The van der Waals surface area contributed by atoms with Crippen molar-refractivity contribution < 1.29 is 9.47 Å². The minimum atomic E-state index is 0.547. The Morgan fingerprint density at radius 2 is 2.00 bits per heavy atom. The van der Waals surface area contributed by atoms with Crippen molar-refractivity contribution in [1.29, 1.82) is 0 Å². The molecule has 1 N–H and O–H groups in total. The third-order valence-corrected chi connectivity index (χ3v) is 2.59. The fraction of sp³-hybridized carbons (Fsp3) is 0.286. The van der Waals surface area contributed by atoms with E-state index in [0.717, 1.165) is 11.1 Å². The summed E-state index contributed by atoms with van der Waals surface area (Å²) in [5, 5.41) is 3.16. The van der Waals surface area contributed by atoms with Crippen LogP contribution < -0.4 is 10.1 Å². The van der Waals surface area contributed by atoms with Crippen LogP contribution in [-0.2, 0) is 17.9 Å². The van der Waals surface area contributed by atoms with Gasteiger partial charge in [0, 0.05) is 25.9 Å². The highest BCUT2D eigenvalue weighted by molar-refractivity contribution is 5.31. The fourth-order valence-electron chi connectivity index (χ4n) is 1.72. The predicted molar refractivity (Wildman–Crippen MR) is 73.1 cm³/mol. The van der Waals surface area contributed by atoms with Crippen LogP contribution >= 0.6 is 0 Å². The molecule has 1 aromatic carbocycles. The summed E-state index contributed by atoms with van der Waals surface area (Å²) in [7, 11) is 3.27. The number of hydrogen-bond acceptors (Lipinski definition) is 5. The van der Waals surface area contributed by atoms with Gasteiger partial charge in [-0.25, -0.2) is 4.98 Å². The number of nitrogens with one attached hydrogen (secondary N) is 1. The molecule has 0 unspecified atom stereocenters. The summed E-state index contributed by atoms with van der Waals surface area (Å²) < 4.78 is 10.2. The van der Waals surface area contributed by atoms with Crippen LogP contribution in [0.15, 0.2) is 36.5 Å². The van der Waals surface area contributed by atoms with Crippen molar-refractivity contribution in [2.24, 2.45) is 0 Å². The summed E-state index contributed by atoms with van der Waals surface area (Å²) in [5.74, 6) is 1.10. The molecule has 0 fully saturated rings. The molecule has 0 aliphatic rings. The highest BCUT2D eigenvalue weighted by atomic mass is 16.5. The molecule has 0 saturated carbocycles. The summed E-state index contributed by atoms with van der Waals surface area (Å²) in [6.45, 7) is 1.27. The van der Waals surface area contributed by atoms with Crippen LogP contribution in [0.25, 0.3) is 0 Å². The van der Waals surface area contributed by atoms with E-state index in [0.29, 0.717) is 25.0 Å². The van der Waals surface area contributed by atoms with Gasteiger partial charge in [0.2, 0.25) is 11.8 Å². The third kappa shape index (κ3) is 3.93. The van der Waals surface area contributed by atoms with Crippen molar-refractivity contribution in [2.45, 2.75) is 13.2 Å². The first-order valence-electron chi connectivity index (χ1n) is 5.99. The van der Waals surface area contributed by atoms with Gasteiger partial charge in [0.25, 0.3) is 0 Å². The van der Waals surface area contributed by atoms with Gasteiger partial charge in [-0.05, 0) is 11.1 Å². The molecule has 100 valence electrons. The number of benzene rings is 1. The smallest absolute Gasteiger partial charge is 0.226 e. The molecule has 0 spiro atoms. The van der Waals surface area contributed by atoms with Gasteiger partial charge < -0.3 is 14.8 Å². The van der Waals surface area contributed by atoms with Gasteiger partial charge in [0.05, 0.1) is 13.7 Å². The van der Waals surface area contributed by atoms with Gasteiger partial charge >= 0.3 is 0 Å². The molecule has 1 aromatic heterocycles. The van der Waals surface area contributed by atoms with Crippen molar-refractivity contribution in [3.8, 4) is 5.88 Å². The summed E-state index contributed by atoms with van der Waals surface area (Å²) >= 11 is 0. The van der Waals surface area contributed by atoms with Gasteiger partial charge in [-0.1, -0.05) is 24.3 Å². The molecule has 2 rings (SSSR count). The maximum atomic E-state index is 5.11. The van der Waals surface area contributed by atoms with E-state index in [1.165, 1.54) is 0 Å². The molecule has 5 heteroatoms. The van der Waals surface area contributed by atoms with Gasteiger partial charge in [-0.2, -0.15) is 4.98 Å². The Kier molecular flexibility index (Phi) is 4.69. The van der Waals surface area contributed by atoms with Gasteiger partial charge in [-0.15, -0.1) is 0 Å². The SMILES string of the molecule is COCc1cccc(CNc2nccc(OC)n2)c1. The number of aromatic nitrogens is 2. The van der Waals surface area contributed by atoms with Gasteiger partial charge in [-0.3, -0.25) is 0 Å². The van der Waals surface area contributed by atoms with Crippen molar-refractivity contribution in [1.82, 2.24) is 9.97 Å². The molecule has 0 aliphatic carbocycles. The Morgan fingerprint density at radius 3 is 2.79 bits per heavy atom.